The summed E-state index contributed by atoms with van der Waals surface area (Å²) in [5, 5.41) is 5.46. The molecule has 2 amide bonds. The standard InChI is InChI=1S/C16H26N4O2/c1-4-20(5-2)11-7-6-9-18-16(22)14-8-10-17-15(12-14)19-13(3)21/h8,10,12H,4-7,9,11H2,1-3H3,(H,18,22)(H,17,19,21). The maximum atomic E-state index is 12.0. The molecule has 0 unspecified atom stereocenters. The highest BCUT2D eigenvalue weighted by molar-refractivity contribution is 5.96. The Hall–Kier alpha value is -1.95. The Bertz CT molecular complexity index is 487. The number of hydrogen-bond acceptors (Lipinski definition) is 4. The van der Waals surface area contributed by atoms with Gasteiger partial charge in [0.1, 0.15) is 5.82 Å². The van der Waals surface area contributed by atoms with Gasteiger partial charge in [0, 0.05) is 25.2 Å². The average molecular weight is 306 g/mol. The van der Waals surface area contributed by atoms with Crippen LogP contribution in [0.15, 0.2) is 18.3 Å². The summed E-state index contributed by atoms with van der Waals surface area (Å²) in [6, 6.07) is 3.21. The molecule has 0 saturated carbocycles. The highest BCUT2D eigenvalue weighted by Gasteiger charge is 2.07. The van der Waals surface area contributed by atoms with Crippen LogP contribution in [0.5, 0.6) is 0 Å². The molecule has 0 radical (unpaired) electrons. The molecule has 0 aliphatic carbocycles. The van der Waals surface area contributed by atoms with Crippen molar-refractivity contribution in [1.29, 1.82) is 0 Å². The lowest BCUT2D eigenvalue weighted by molar-refractivity contribution is -0.114. The summed E-state index contributed by atoms with van der Waals surface area (Å²) in [6.45, 7) is 9.55. The van der Waals surface area contributed by atoms with Gasteiger partial charge in [-0.15, -0.1) is 0 Å². The smallest absolute Gasteiger partial charge is 0.251 e. The van der Waals surface area contributed by atoms with Gasteiger partial charge in [0.15, 0.2) is 0 Å². The van der Waals surface area contributed by atoms with Gasteiger partial charge in [0.2, 0.25) is 5.91 Å². The minimum absolute atomic E-state index is 0.142. The quantitative estimate of drug-likeness (QED) is 0.683. The zero-order valence-electron chi connectivity index (χ0n) is 13.7. The Morgan fingerprint density at radius 1 is 1.23 bits per heavy atom. The second-order valence-electron chi connectivity index (χ2n) is 5.10. The van der Waals surface area contributed by atoms with Crippen LogP contribution in [-0.4, -0.2) is 47.9 Å². The molecule has 0 spiro atoms. The van der Waals surface area contributed by atoms with Gasteiger partial charge < -0.3 is 15.5 Å². The van der Waals surface area contributed by atoms with Crippen LogP contribution in [0, 0.1) is 0 Å². The van der Waals surface area contributed by atoms with Gasteiger partial charge in [0.25, 0.3) is 5.91 Å². The molecule has 1 rings (SSSR count). The van der Waals surface area contributed by atoms with Crippen molar-refractivity contribution in [3.63, 3.8) is 0 Å². The maximum Gasteiger partial charge on any atom is 0.251 e. The Morgan fingerprint density at radius 2 is 1.95 bits per heavy atom. The van der Waals surface area contributed by atoms with Crippen molar-refractivity contribution in [3.8, 4) is 0 Å². The second kappa shape index (κ2) is 9.89. The monoisotopic (exact) mass is 306 g/mol. The van der Waals surface area contributed by atoms with Crippen LogP contribution in [0.1, 0.15) is 44.0 Å². The number of anilines is 1. The summed E-state index contributed by atoms with van der Waals surface area (Å²) in [4.78, 5) is 29.4. The highest BCUT2D eigenvalue weighted by Crippen LogP contribution is 2.06. The van der Waals surface area contributed by atoms with E-state index in [1.807, 2.05) is 0 Å². The fourth-order valence-corrected chi connectivity index (χ4v) is 2.12. The van der Waals surface area contributed by atoms with E-state index in [1.54, 1.807) is 12.1 Å². The molecular formula is C16H26N4O2. The first kappa shape index (κ1) is 18.1. The molecule has 2 N–H and O–H groups in total. The number of nitrogens with zero attached hydrogens (tertiary/aromatic N) is 2. The molecule has 1 aromatic heterocycles. The number of hydrogen-bond donors (Lipinski definition) is 2. The van der Waals surface area contributed by atoms with Gasteiger partial charge in [-0.2, -0.15) is 0 Å². The fourth-order valence-electron chi connectivity index (χ4n) is 2.12. The van der Waals surface area contributed by atoms with E-state index in [9.17, 15) is 9.59 Å². The third-order valence-corrected chi connectivity index (χ3v) is 3.41. The number of amides is 2. The number of aromatic nitrogens is 1. The average Bonchev–Trinajstić information content (AvgIpc) is 2.50. The predicted octanol–water partition coefficient (Wildman–Crippen LogP) is 1.89. The van der Waals surface area contributed by atoms with Gasteiger partial charge in [-0.05, 0) is 44.6 Å². The SMILES string of the molecule is CCN(CC)CCCCNC(=O)c1ccnc(NC(C)=O)c1. The van der Waals surface area contributed by atoms with Crippen LogP contribution < -0.4 is 10.6 Å². The van der Waals surface area contributed by atoms with Crippen LogP contribution in [0.3, 0.4) is 0 Å². The molecule has 1 aromatic rings. The topological polar surface area (TPSA) is 74.3 Å². The van der Waals surface area contributed by atoms with Crippen LogP contribution >= 0.6 is 0 Å². The summed E-state index contributed by atoms with van der Waals surface area (Å²) in [6.07, 6.45) is 3.53. The van der Waals surface area contributed by atoms with Gasteiger partial charge in [0.05, 0.1) is 0 Å². The summed E-state index contributed by atoms with van der Waals surface area (Å²) in [7, 11) is 0. The molecular weight excluding hydrogens is 280 g/mol. The number of carbonyl (C=O) groups is 2. The Kier molecular flexibility index (Phi) is 8.14. The minimum atomic E-state index is -0.207. The number of rotatable bonds is 9. The lowest BCUT2D eigenvalue weighted by Gasteiger charge is -2.17. The van der Waals surface area contributed by atoms with Crippen molar-refractivity contribution in [2.45, 2.75) is 33.6 Å². The Labute approximate surface area is 132 Å². The van der Waals surface area contributed by atoms with E-state index in [4.69, 9.17) is 0 Å². The van der Waals surface area contributed by atoms with Crippen molar-refractivity contribution < 1.29 is 9.59 Å². The van der Waals surface area contributed by atoms with E-state index in [-0.39, 0.29) is 11.8 Å². The maximum absolute atomic E-state index is 12.0. The van der Waals surface area contributed by atoms with Crippen LogP contribution in [0.2, 0.25) is 0 Å². The highest BCUT2D eigenvalue weighted by atomic mass is 16.2. The van der Waals surface area contributed by atoms with Gasteiger partial charge >= 0.3 is 0 Å². The molecule has 1 heterocycles. The second-order valence-corrected chi connectivity index (χ2v) is 5.10. The van der Waals surface area contributed by atoms with E-state index in [0.717, 1.165) is 32.5 Å². The van der Waals surface area contributed by atoms with Gasteiger partial charge in [-0.1, -0.05) is 13.8 Å². The van der Waals surface area contributed by atoms with Crippen LogP contribution in [0.25, 0.3) is 0 Å². The fraction of sp³-hybridized carbons (Fsp3) is 0.562. The molecule has 22 heavy (non-hydrogen) atoms. The number of unbranched alkanes of at least 4 members (excludes halogenated alkanes) is 1. The molecule has 0 bridgehead atoms. The summed E-state index contributed by atoms with van der Waals surface area (Å²) < 4.78 is 0. The molecule has 0 atom stereocenters. The summed E-state index contributed by atoms with van der Waals surface area (Å²) >= 11 is 0. The predicted molar refractivity (Wildman–Crippen MR) is 87.9 cm³/mol. The lowest BCUT2D eigenvalue weighted by Crippen LogP contribution is -2.27. The van der Waals surface area contributed by atoms with Crippen molar-refractivity contribution in [1.82, 2.24) is 15.2 Å². The largest absolute Gasteiger partial charge is 0.352 e. The summed E-state index contributed by atoms with van der Waals surface area (Å²) in [5.41, 5.74) is 0.502. The first-order chi connectivity index (χ1) is 10.6. The zero-order valence-corrected chi connectivity index (χ0v) is 13.7. The Morgan fingerprint density at radius 3 is 2.59 bits per heavy atom. The molecule has 0 aliphatic heterocycles. The molecule has 6 nitrogen and oxygen atoms in total. The number of carbonyl (C=O) groups excluding carboxylic acids is 2. The molecule has 0 saturated heterocycles. The van der Waals surface area contributed by atoms with E-state index in [1.165, 1.54) is 13.1 Å². The molecule has 0 aliphatic rings. The van der Waals surface area contributed by atoms with E-state index < -0.39 is 0 Å². The molecule has 6 heteroatoms. The third kappa shape index (κ3) is 6.67. The third-order valence-electron chi connectivity index (χ3n) is 3.41. The normalized spacial score (nSPS) is 10.5. The first-order valence-electron chi connectivity index (χ1n) is 7.81. The lowest BCUT2D eigenvalue weighted by atomic mass is 10.2. The first-order valence-corrected chi connectivity index (χ1v) is 7.81. The summed E-state index contributed by atoms with van der Waals surface area (Å²) in [5.74, 6) is 0.0417. The van der Waals surface area contributed by atoms with E-state index in [0.29, 0.717) is 17.9 Å². The number of nitrogens with one attached hydrogen (secondary N) is 2. The Balaban J connectivity index is 2.35. The zero-order chi connectivity index (χ0) is 16.4. The van der Waals surface area contributed by atoms with Crippen molar-refractivity contribution in [2.24, 2.45) is 0 Å². The van der Waals surface area contributed by atoms with Crippen LogP contribution in [-0.2, 0) is 4.79 Å². The van der Waals surface area contributed by atoms with Crippen molar-refractivity contribution in [3.05, 3.63) is 23.9 Å². The van der Waals surface area contributed by atoms with Crippen molar-refractivity contribution >= 4 is 17.6 Å². The van der Waals surface area contributed by atoms with E-state index >= 15 is 0 Å². The molecule has 122 valence electrons. The molecule has 0 aromatic carbocycles. The minimum Gasteiger partial charge on any atom is -0.352 e. The van der Waals surface area contributed by atoms with Crippen molar-refractivity contribution in [2.75, 3.05) is 31.5 Å². The van der Waals surface area contributed by atoms with E-state index in [2.05, 4.69) is 34.4 Å². The molecule has 0 fully saturated rings. The van der Waals surface area contributed by atoms with Gasteiger partial charge in [-0.3, -0.25) is 9.59 Å². The number of pyridine rings is 1. The van der Waals surface area contributed by atoms with Gasteiger partial charge in [-0.25, -0.2) is 4.98 Å². The van der Waals surface area contributed by atoms with Crippen LogP contribution in [0.4, 0.5) is 5.82 Å².